The van der Waals surface area contributed by atoms with Crippen molar-refractivity contribution >= 4 is 11.9 Å². The predicted octanol–water partition coefficient (Wildman–Crippen LogP) is 3.15. The van der Waals surface area contributed by atoms with Gasteiger partial charge >= 0.3 is 0 Å². The molecule has 1 aliphatic rings. The molecule has 5 heteroatoms. The van der Waals surface area contributed by atoms with Crippen molar-refractivity contribution in [1.82, 2.24) is 15.3 Å². The standard InChI is InChI=1S/C22H26N4O/c1-15(2)25-22-23-13-19(14-24-22)9-6-17-4-7-18(8-5-17)12-16(3)26-21(27)20-10-11-20/h4-5,7-8,13-16,20H,10-12H2,1-3H3,(H,26,27)(H,23,24,25). The number of aromatic nitrogens is 2. The largest absolute Gasteiger partial charge is 0.353 e. The molecule has 1 aliphatic carbocycles. The summed E-state index contributed by atoms with van der Waals surface area (Å²) in [5.41, 5.74) is 2.92. The van der Waals surface area contributed by atoms with Crippen LogP contribution in [0.5, 0.6) is 0 Å². The van der Waals surface area contributed by atoms with E-state index in [4.69, 9.17) is 0 Å². The molecule has 0 radical (unpaired) electrons. The van der Waals surface area contributed by atoms with Crippen molar-refractivity contribution in [2.45, 2.75) is 52.1 Å². The Morgan fingerprint density at radius 2 is 1.70 bits per heavy atom. The molecule has 0 saturated heterocycles. The quantitative estimate of drug-likeness (QED) is 0.775. The maximum absolute atomic E-state index is 11.8. The van der Waals surface area contributed by atoms with Gasteiger partial charge in [0.2, 0.25) is 11.9 Å². The number of anilines is 1. The van der Waals surface area contributed by atoms with Crippen molar-refractivity contribution in [1.29, 1.82) is 0 Å². The summed E-state index contributed by atoms with van der Waals surface area (Å²) in [4.78, 5) is 20.3. The predicted molar refractivity (Wildman–Crippen MR) is 107 cm³/mol. The summed E-state index contributed by atoms with van der Waals surface area (Å²) in [6, 6.07) is 8.59. The monoisotopic (exact) mass is 362 g/mol. The maximum atomic E-state index is 11.8. The Kier molecular flexibility index (Phi) is 6.08. The SMILES string of the molecule is CC(C)Nc1ncc(C#Cc2ccc(CC(C)NC(=O)C3CC3)cc2)cn1. The first-order valence-electron chi connectivity index (χ1n) is 9.49. The zero-order valence-corrected chi connectivity index (χ0v) is 16.1. The number of hydrogen-bond acceptors (Lipinski definition) is 4. The van der Waals surface area contributed by atoms with Gasteiger partial charge in [-0.25, -0.2) is 9.97 Å². The number of carbonyl (C=O) groups is 1. The minimum atomic E-state index is 0.144. The third-order valence-corrected chi connectivity index (χ3v) is 4.25. The molecule has 1 saturated carbocycles. The van der Waals surface area contributed by atoms with Crippen LogP contribution in [-0.2, 0) is 11.2 Å². The highest BCUT2D eigenvalue weighted by Crippen LogP contribution is 2.28. The van der Waals surface area contributed by atoms with E-state index in [0.717, 1.165) is 30.4 Å². The van der Waals surface area contributed by atoms with E-state index >= 15 is 0 Å². The van der Waals surface area contributed by atoms with Crippen molar-refractivity contribution in [3.05, 3.63) is 53.3 Å². The highest BCUT2D eigenvalue weighted by atomic mass is 16.2. The molecule has 3 rings (SSSR count). The third-order valence-electron chi connectivity index (χ3n) is 4.25. The molecule has 1 heterocycles. The molecular weight excluding hydrogens is 336 g/mol. The normalized spacial score (nSPS) is 14.2. The molecule has 0 spiro atoms. The summed E-state index contributed by atoms with van der Waals surface area (Å²) in [7, 11) is 0. The van der Waals surface area contributed by atoms with Gasteiger partial charge < -0.3 is 10.6 Å². The molecule has 2 aromatic rings. The van der Waals surface area contributed by atoms with E-state index in [2.05, 4.69) is 44.6 Å². The lowest BCUT2D eigenvalue weighted by Crippen LogP contribution is -2.35. The van der Waals surface area contributed by atoms with Crippen LogP contribution in [0.15, 0.2) is 36.7 Å². The summed E-state index contributed by atoms with van der Waals surface area (Å²) in [5.74, 6) is 7.29. The van der Waals surface area contributed by atoms with Crippen LogP contribution < -0.4 is 10.6 Å². The van der Waals surface area contributed by atoms with Crippen LogP contribution in [0.4, 0.5) is 5.95 Å². The van der Waals surface area contributed by atoms with Crippen LogP contribution in [-0.4, -0.2) is 28.0 Å². The average Bonchev–Trinajstić information content (AvgIpc) is 3.47. The Bertz CT molecular complexity index is 827. The molecule has 1 aromatic heterocycles. The Morgan fingerprint density at radius 1 is 1.07 bits per heavy atom. The van der Waals surface area contributed by atoms with E-state index in [9.17, 15) is 4.79 Å². The number of hydrogen-bond donors (Lipinski definition) is 2. The summed E-state index contributed by atoms with van der Waals surface area (Å²) in [5, 5.41) is 6.23. The summed E-state index contributed by atoms with van der Waals surface area (Å²) in [6.07, 6.45) is 6.35. The van der Waals surface area contributed by atoms with E-state index in [1.165, 1.54) is 5.56 Å². The van der Waals surface area contributed by atoms with Gasteiger partial charge in [-0.1, -0.05) is 24.0 Å². The highest BCUT2D eigenvalue weighted by molar-refractivity contribution is 5.81. The molecular formula is C22H26N4O. The van der Waals surface area contributed by atoms with Gasteiger partial charge in [0, 0.05) is 36.0 Å². The van der Waals surface area contributed by atoms with Gasteiger partial charge in [0.1, 0.15) is 0 Å². The van der Waals surface area contributed by atoms with E-state index in [1.807, 2.05) is 32.9 Å². The van der Waals surface area contributed by atoms with E-state index in [0.29, 0.717) is 12.0 Å². The second kappa shape index (κ2) is 8.68. The molecule has 1 amide bonds. The first-order chi connectivity index (χ1) is 13.0. The second-order valence-corrected chi connectivity index (χ2v) is 7.43. The average molecular weight is 362 g/mol. The van der Waals surface area contributed by atoms with Crippen molar-refractivity contribution in [3.63, 3.8) is 0 Å². The van der Waals surface area contributed by atoms with Crippen LogP contribution in [0.2, 0.25) is 0 Å². The fourth-order valence-electron chi connectivity index (χ4n) is 2.70. The van der Waals surface area contributed by atoms with Crippen molar-refractivity contribution in [3.8, 4) is 11.8 Å². The summed E-state index contributed by atoms with van der Waals surface area (Å²) >= 11 is 0. The Labute approximate surface area is 161 Å². The van der Waals surface area contributed by atoms with Crippen LogP contribution >= 0.6 is 0 Å². The lowest BCUT2D eigenvalue weighted by molar-refractivity contribution is -0.122. The molecule has 1 aromatic carbocycles. The Morgan fingerprint density at radius 3 is 2.30 bits per heavy atom. The van der Waals surface area contributed by atoms with Gasteiger partial charge in [-0.3, -0.25) is 4.79 Å². The summed E-state index contributed by atoms with van der Waals surface area (Å²) < 4.78 is 0. The fraction of sp³-hybridized carbons (Fsp3) is 0.409. The van der Waals surface area contributed by atoms with Crippen molar-refractivity contribution in [2.24, 2.45) is 5.92 Å². The molecule has 1 fully saturated rings. The Balaban J connectivity index is 1.54. The first kappa shape index (κ1) is 18.9. The van der Waals surface area contributed by atoms with Gasteiger partial charge in [0.25, 0.3) is 0 Å². The zero-order chi connectivity index (χ0) is 19.2. The molecule has 140 valence electrons. The van der Waals surface area contributed by atoms with Crippen LogP contribution in [0.1, 0.15) is 50.3 Å². The van der Waals surface area contributed by atoms with Crippen molar-refractivity contribution < 1.29 is 4.79 Å². The molecule has 0 bridgehead atoms. The van der Waals surface area contributed by atoms with E-state index < -0.39 is 0 Å². The molecule has 2 N–H and O–H groups in total. The second-order valence-electron chi connectivity index (χ2n) is 7.43. The lowest BCUT2D eigenvalue weighted by atomic mass is 10.0. The third kappa shape index (κ3) is 6.10. The molecule has 1 unspecified atom stereocenters. The number of nitrogens with zero attached hydrogens (tertiary/aromatic N) is 2. The first-order valence-corrected chi connectivity index (χ1v) is 9.49. The van der Waals surface area contributed by atoms with Crippen LogP contribution in [0.25, 0.3) is 0 Å². The topological polar surface area (TPSA) is 66.9 Å². The molecule has 5 nitrogen and oxygen atoms in total. The smallest absolute Gasteiger partial charge is 0.223 e. The highest BCUT2D eigenvalue weighted by Gasteiger charge is 2.30. The maximum Gasteiger partial charge on any atom is 0.223 e. The molecule has 0 aliphatic heterocycles. The number of benzene rings is 1. The van der Waals surface area contributed by atoms with Crippen LogP contribution in [0, 0.1) is 17.8 Å². The van der Waals surface area contributed by atoms with Gasteiger partial charge in [-0.05, 0) is 57.7 Å². The van der Waals surface area contributed by atoms with Gasteiger partial charge in [-0.15, -0.1) is 0 Å². The Hall–Kier alpha value is -2.87. The van der Waals surface area contributed by atoms with Gasteiger partial charge in [0.05, 0.1) is 5.56 Å². The molecule has 27 heavy (non-hydrogen) atoms. The number of amides is 1. The minimum Gasteiger partial charge on any atom is -0.353 e. The van der Waals surface area contributed by atoms with Gasteiger partial charge in [-0.2, -0.15) is 0 Å². The fourth-order valence-corrected chi connectivity index (χ4v) is 2.70. The number of carbonyl (C=O) groups excluding carboxylic acids is 1. The van der Waals surface area contributed by atoms with Crippen LogP contribution in [0.3, 0.4) is 0 Å². The number of rotatable bonds is 6. The van der Waals surface area contributed by atoms with Gasteiger partial charge in [0.15, 0.2) is 0 Å². The van der Waals surface area contributed by atoms with E-state index in [-0.39, 0.29) is 17.9 Å². The zero-order valence-electron chi connectivity index (χ0n) is 16.1. The lowest BCUT2D eigenvalue weighted by Gasteiger charge is -2.13. The number of nitrogens with one attached hydrogen (secondary N) is 2. The van der Waals surface area contributed by atoms with E-state index in [1.54, 1.807) is 12.4 Å². The molecule has 1 atom stereocenters. The van der Waals surface area contributed by atoms with Crippen molar-refractivity contribution in [2.75, 3.05) is 5.32 Å². The minimum absolute atomic E-state index is 0.144. The summed E-state index contributed by atoms with van der Waals surface area (Å²) in [6.45, 7) is 6.14.